The molecule has 6 aromatic rings. The van der Waals surface area contributed by atoms with Crippen LogP contribution in [0.4, 0.5) is 10.8 Å². The summed E-state index contributed by atoms with van der Waals surface area (Å²) < 4.78 is 11.5. The molecule has 0 aliphatic heterocycles. The molecule has 2 aromatic heterocycles. The van der Waals surface area contributed by atoms with E-state index in [9.17, 15) is 4.79 Å². The van der Waals surface area contributed by atoms with Gasteiger partial charge in [-0.3, -0.25) is 10.1 Å². The third-order valence-electron chi connectivity index (χ3n) is 6.50. The monoisotopic (exact) mass is 531 g/mol. The van der Waals surface area contributed by atoms with Gasteiger partial charge in [-0.05, 0) is 67.1 Å². The Kier molecular flexibility index (Phi) is 6.42. The summed E-state index contributed by atoms with van der Waals surface area (Å²) in [5.74, 6) is 0.316. The van der Waals surface area contributed by atoms with Crippen molar-refractivity contribution in [3.8, 4) is 17.0 Å². The van der Waals surface area contributed by atoms with Crippen LogP contribution in [0.15, 0.2) is 100 Å². The van der Waals surface area contributed by atoms with Crippen LogP contribution in [0.1, 0.15) is 20.8 Å². The standard InChI is InChI=1S/C32H25N3O3S/c1-19-8-12-25(13-9-19)33-31-27(18-24-17-26(37-3)14-15-28(24)38-31)30(36)35-32-34-29(20(2)39-32)23-11-10-21-6-4-5-7-22(21)16-23/h4-18H,1-3H3,(H,34,35,36). The molecule has 2 heterocycles. The Morgan fingerprint density at radius 3 is 2.49 bits per heavy atom. The topological polar surface area (TPSA) is 76.7 Å². The maximum Gasteiger partial charge on any atom is 0.262 e. The number of benzene rings is 4. The largest absolute Gasteiger partial charge is 0.497 e. The van der Waals surface area contributed by atoms with Crippen LogP contribution < -0.4 is 15.6 Å². The first kappa shape index (κ1) is 24.6. The zero-order chi connectivity index (χ0) is 26.9. The predicted octanol–water partition coefficient (Wildman–Crippen LogP) is 7.82. The van der Waals surface area contributed by atoms with Crippen LogP contribution in [0.25, 0.3) is 33.0 Å². The number of carbonyl (C=O) groups is 1. The summed E-state index contributed by atoms with van der Waals surface area (Å²) in [6.07, 6.45) is 0. The van der Waals surface area contributed by atoms with E-state index in [4.69, 9.17) is 14.1 Å². The summed E-state index contributed by atoms with van der Waals surface area (Å²) in [5, 5.41) is 6.52. The molecule has 6 nitrogen and oxygen atoms in total. The maximum absolute atomic E-state index is 13.6. The Hall–Kier alpha value is -4.75. The van der Waals surface area contributed by atoms with Gasteiger partial charge in [0.25, 0.3) is 5.91 Å². The van der Waals surface area contributed by atoms with Crippen molar-refractivity contribution < 1.29 is 13.9 Å². The number of aryl methyl sites for hydroxylation is 2. The number of amides is 1. The van der Waals surface area contributed by atoms with Crippen molar-refractivity contribution in [2.75, 3.05) is 12.4 Å². The maximum atomic E-state index is 13.6. The molecule has 39 heavy (non-hydrogen) atoms. The highest BCUT2D eigenvalue weighted by Gasteiger charge is 2.17. The van der Waals surface area contributed by atoms with E-state index in [2.05, 4.69) is 40.6 Å². The second kappa shape index (κ2) is 10.2. The lowest BCUT2D eigenvalue weighted by Crippen LogP contribution is -2.21. The Morgan fingerprint density at radius 1 is 0.897 bits per heavy atom. The summed E-state index contributed by atoms with van der Waals surface area (Å²) >= 11 is 1.43. The summed E-state index contributed by atoms with van der Waals surface area (Å²) in [4.78, 5) is 24.1. The number of ether oxygens (including phenoxy) is 1. The van der Waals surface area contributed by atoms with Crippen LogP contribution >= 0.6 is 11.3 Å². The number of thiazole rings is 1. The number of nitrogens with zero attached hydrogens (tertiary/aromatic N) is 2. The quantitative estimate of drug-likeness (QED) is 0.246. The number of carbonyl (C=O) groups excluding carboxylic acids is 1. The van der Waals surface area contributed by atoms with Gasteiger partial charge in [-0.25, -0.2) is 9.98 Å². The number of methoxy groups -OCH3 is 1. The van der Waals surface area contributed by atoms with E-state index in [1.54, 1.807) is 13.2 Å². The van der Waals surface area contributed by atoms with E-state index in [0.717, 1.165) is 32.5 Å². The summed E-state index contributed by atoms with van der Waals surface area (Å²) in [6.45, 7) is 4.02. The number of nitrogens with one attached hydrogen (secondary N) is 1. The minimum atomic E-state index is -0.354. The third kappa shape index (κ3) is 5.04. The smallest absolute Gasteiger partial charge is 0.262 e. The minimum Gasteiger partial charge on any atom is -0.497 e. The molecule has 0 bridgehead atoms. The highest BCUT2D eigenvalue weighted by atomic mass is 32.1. The van der Waals surface area contributed by atoms with E-state index < -0.39 is 0 Å². The number of hydrogen-bond donors (Lipinski definition) is 1. The molecule has 6 rings (SSSR count). The van der Waals surface area contributed by atoms with Gasteiger partial charge in [0.1, 0.15) is 16.9 Å². The van der Waals surface area contributed by atoms with E-state index in [-0.39, 0.29) is 11.5 Å². The van der Waals surface area contributed by atoms with Crippen LogP contribution in [-0.4, -0.2) is 18.0 Å². The molecule has 0 spiro atoms. The van der Waals surface area contributed by atoms with Crippen molar-refractivity contribution in [1.29, 1.82) is 0 Å². The lowest BCUT2D eigenvalue weighted by molar-refractivity contribution is 0.102. The molecule has 0 saturated carbocycles. The fourth-order valence-corrected chi connectivity index (χ4v) is 5.27. The van der Waals surface area contributed by atoms with Gasteiger partial charge in [0.2, 0.25) is 5.55 Å². The molecule has 4 aromatic carbocycles. The zero-order valence-electron chi connectivity index (χ0n) is 21.7. The van der Waals surface area contributed by atoms with Crippen molar-refractivity contribution in [2.45, 2.75) is 13.8 Å². The van der Waals surface area contributed by atoms with Gasteiger partial charge in [0.15, 0.2) is 5.13 Å². The number of hydrogen-bond acceptors (Lipinski definition) is 6. The lowest BCUT2D eigenvalue weighted by atomic mass is 10.0. The molecular formula is C32H25N3O3S. The van der Waals surface area contributed by atoms with Gasteiger partial charge in [-0.2, -0.15) is 0 Å². The molecule has 0 fully saturated rings. The first-order valence-corrected chi connectivity index (χ1v) is 13.3. The van der Waals surface area contributed by atoms with Gasteiger partial charge in [-0.15, -0.1) is 11.3 Å². The average molecular weight is 532 g/mol. The third-order valence-corrected chi connectivity index (χ3v) is 7.39. The predicted molar refractivity (Wildman–Crippen MR) is 157 cm³/mol. The van der Waals surface area contributed by atoms with E-state index in [1.807, 2.05) is 68.4 Å². The van der Waals surface area contributed by atoms with E-state index >= 15 is 0 Å². The lowest BCUT2D eigenvalue weighted by Gasteiger charge is -2.07. The highest BCUT2D eigenvalue weighted by molar-refractivity contribution is 7.16. The van der Waals surface area contributed by atoms with Gasteiger partial charge in [0.05, 0.1) is 18.5 Å². The van der Waals surface area contributed by atoms with Crippen LogP contribution in [0.3, 0.4) is 0 Å². The van der Waals surface area contributed by atoms with Crippen molar-refractivity contribution in [3.63, 3.8) is 0 Å². The van der Waals surface area contributed by atoms with E-state index in [1.165, 1.54) is 16.7 Å². The Labute approximate surface area is 229 Å². The van der Waals surface area contributed by atoms with Gasteiger partial charge >= 0.3 is 0 Å². The summed E-state index contributed by atoms with van der Waals surface area (Å²) in [5.41, 5.74) is 4.78. The Bertz CT molecular complexity index is 1920. The minimum absolute atomic E-state index is 0.219. The molecular weight excluding hydrogens is 506 g/mol. The number of aromatic nitrogens is 1. The number of rotatable bonds is 5. The van der Waals surface area contributed by atoms with Crippen LogP contribution in [0, 0.1) is 13.8 Å². The second-order valence-electron chi connectivity index (χ2n) is 9.26. The van der Waals surface area contributed by atoms with Gasteiger partial charge < -0.3 is 9.15 Å². The SMILES string of the molecule is COc1ccc2oc(=Nc3ccc(C)cc3)c(C(=O)Nc3nc(-c4ccc5ccccc5c4)c(C)s3)cc2c1. The van der Waals surface area contributed by atoms with Crippen LogP contribution in [0.2, 0.25) is 0 Å². The van der Waals surface area contributed by atoms with Crippen molar-refractivity contribution in [2.24, 2.45) is 4.99 Å². The molecule has 0 saturated heterocycles. The van der Waals surface area contributed by atoms with Gasteiger partial charge in [-0.1, -0.05) is 54.1 Å². The molecule has 7 heteroatoms. The molecule has 0 radical (unpaired) electrons. The average Bonchev–Trinajstić information content (AvgIpc) is 3.32. The molecule has 0 aliphatic rings. The second-order valence-corrected chi connectivity index (χ2v) is 10.5. The molecule has 1 amide bonds. The molecule has 192 valence electrons. The summed E-state index contributed by atoms with van der Waals surface area (Å²) in [7, 11) is 1.60. The van der Waals surface area contributed by atoms with Gasteiger partial charge in [0, 0.05) is 15.8 Å². The van der Waals surface area contributed by atoms with E-state index in [0.29, 0.717) is 27.7 Å². The van der Waals surface area contributed by atoms with Crippen LogP contribution in [-0.2, 0) is 0 Å². The van der Waals surface area contributed by atoms with Crippen LogP contribution in [0.5, 0.6) is 5.75 Å². The molecule has 0 aliphatic carbocycles. The van der Waals surface area contributed by atoms with Crippen molar-refractivity contribution in [3.05, 3.63) is 113 Å². The fourth-order valence-electron chi connectivity index (χ4n) is 4.44. The van der Waals surface area contributed by atoms with Crippen molar-refractivity contribution in [1.82, 2.24) is 4.98 Å². The normalized spacial score (nSPS) is 11.7. The first-order chi connectivity index (χ1) is 19.0. The molecule has 0 unspecified atom stereocenters. The number of anilines is 1. The number of fused-ring (bicyclic) bond motifs is 2. The summed E-state index contributed by atoms with van der Waals surface area (Å²) in [6, 6.07) is 29.4. The highest BCUT2D eigenvalue weighted by Crippen LogP contribution is 2.32. The zero-order valence-corrected chi connectivity index (χ0v) is 22.5. The molecule has 1 N–H and O–H groups in total. The Balaban J connectivity index is 1.39. The Morgan fingerprint density at radius 2 is 1.69 bits per heavy atom. The molecule has 0 atom stereocenters. The first-order valence-electron chi connectivity index (χ1n) is 12.5. The van der Waals surface area contributed by atoms with Crippen molar-refractivity contribution >= 4 is 49.8 Å². The fraction of sp³-hybridized carbons (Fsp3) is 0.0938.